The molecule has 0 bridgehead atoms. The van der Waals surface area contributed by atoms with E-state index in [9.17, 15) is 23.3 Å². The Morgan fingerprint density at radius 2 is 1.96 bits per heavy atom. The minimum absolute atomic E-state index is 0.0287. The van der Waals surface area contributed by atoms with Crippen molar-refractivity contribution < 1.29 is 22.9 Å². The molecule has 0 radical (unpaired) electrons. The lowest BCUT2D eigenvalue weighted by atomic mass is 10.2. The van der Waals surface area contributed by atoms with Crippen molar-refractivity contribution in [2.24, 2.45) is 0 Å². The maximum atomic E-state index is 12.4. The highest BCUT2D eigenvalue weighted by Crippen LogP contribution is 2.30. The molecule has 0 aliphatic rings. The molecule has 3 aromatic rings. The van der Waals surface area contributed by atoms with Crippen molar-refractivity contribution in [2.45, 2.75) is 6.18 Å². The van der Waals surface area contributed by atoms with Crippen molar-refractivity contribution in [1.82, 2.24) is 14.9 Å². The first kappa shape index (κ1) is 14.8. The van der Waals surface area contributed by atoms with Gasteiger partial charge in [0, 0.05) is 22.2 Å². The molecule has 0 atom stereocenters. The molecule has 10 heteroatoms. The van der Waals surface area contributed by atoms with Gasteiger partial charge in [0.05, 0.1) is 16.0 Å². The van der Waals surface area contributed by atoms with Gasteiger partial charge in [-0.1, -0.05) is 0 Å². The Morgan fingerprint density at radius 1 is 1.17 bits per heavy atom. The summed E-state index contributed by atoms with van der Waals surface area (Å²) in [4.78, 5) is 14.9. The van der Waals surface area contributed by atoms with Crippen molar-refractivity contribution in [2.75, 3.05) is 0 Å². The maximum absolute atomic E-state index is 12.4. The van der Waals surface area contributed by atoms with Crippen LogP contribution in [0.25, 0.3) is 10.9 Å². The number of aromatic nitrogens is 3. The van der Waals surface area contributed by atoms with Gasteiger partial charge in [0.1, 0.15) is 11.3 Å². The SMILES string of the molecule is O=[N+]([O-])n1ncc2cc(Oc3ccc(C(F)(F)F)cn3)ccc21. The smallest absolute Gasteiger partial charge is 0.417 e. The standard InChI is InChI=1S/C13H7F3N4O3/c14-13(15,16)9-1-4-12(17-7-9)23-10-2-3-11-8(5-10)6-18-19(11)20(21)22/h1-7H. The molecule has 0 aliphatic carbocycles. The van der Waals surface area contributed by atoms with Gasteiger partial charge in [0.2, 0.25) is 5.88 Å². The van der Waals surface area contributed by atoms with Gasteiger partial charge >= 0.3 is 6.18 Å². The van der Waals surface area contributed by atoms with Crippen LogP contribution in [0.4, 0.5) is 13.2 Å². The van der Waals surface area contributed by atoms with Crippen molar-refractivity contribution in [3.8, 4) is 11.6 Å². The number of hydrogen-bond donors (Lipinski definition) is 0. The number of pyridine rings is 1. The molecule has 7 nitrogen and oxygen atoms in total. The van der Waals surface area contributed by atoms with Crippen LogP contribution < -0.4 is 4.74 Å². The third-order valence-electron chi connectivity index (χ3n) is 2.96. The lowest BCUT2D eigenvalue weighted by Gasteiger charge is -2.08. The second kappa shape index (κ2) is 5.23. The van der Waals surface area contributed by atoms with Crippen LogP contribution in [0, 0.1) is 10.1 Å². The van der Waals surface area contributed by atoms with E-state index in [1.165, 1.54) is 24.4 Å². The average molecular weight is 324 g/mol. The number of alkyl halides is 3. The second-order valence-electron chi connectivity index (χ2n) is 4.48. The van der Waals surface area contributed by atoms with Crippen molar-refractivity contribution >= 4 is 10.9 Å². The number of fused-ring (bicyclic) bond motifs is 1. The first-order chi connectivity index (χ1) is 10.8. The summed E-state index contributed by atoms with van der Waals surface area (Å²) in [5.74, 6) is 0.242. The Hall–Kier alpha value is -3.17. The zero-order valence-electron chi connectivity index (χ0n) is 11.2. The van der Waals surface area contributed by atoms with Crippen molar-refractivity contribution in [1.29, 1.82) is 0 Å². The highest BCUT2D eigenvalue weighted by molar-refractivity contribution is 5.79. The predicted molar refractivity (Wildman–Crippen MR) is 71.4 cm³/mol. The lowest BCUT2D eigenvalue weighted by Crippen LogP contribution is -2.09. The molecule has 2 aromatic heterocycles. The van der Waals surface area contributed by atoms with Crippen LogP contribution in [0.2, 0.25) is 0 Å². The van der Waals surface area contributed by atoms with Gasteiger partial charge in [-0.2, -0.15) is 13.2 Å². The first-order valence-corrected chi connectivity index (χ1v) is 6.18. The summed E-state index contributed by atoms with van der Waals surface area (Å²) in [5, 5.41) is 14.1. The third kappa shape index (κ3) is 2.91. The number of ether oxygens (including phenoxy) is 1. The van der Waals surface area contributed by atoms with Crippen LogP contribution in [-0.4, -0.2) is 19.9 Å². The van der Waals surface area contributed by atoms with Gasteiger partial charge < -0.3 is 14.9 Å². The minimum Gasteiger partial charge on any atom is -0.439 e. The Bertz CT molecular complexity index is 874. The molecule has 0 saturated heterocycles. The Balaban J connectivity index is 1.85. The molecule has 0 saturated carbocycles. The number of halogens is 3. The van der Waals surface area contributed by atoms with E-state index in [-0.39, 0.29) is 17.1 Å². The molecular formula is C13H7F3N4O3. The van der Waals surface area contributed by atoms with E-state index in [4.69, 9.17) is 4.74 Å². The first-order valence-electron chi connectivity index (χ1n) is 6.18. The minimum atomic E-state index is -4.47. The summed E-state index contributed by atoms with van der Waals surface area (Å²) in [6.07, 6.45) is -2.52. The molecule has 0 amide bonds. The molecule has 0 spiro atoms. The number of benzene rings is 1. The van der Waals surface area contributed by atoms with Gasteiger partial charge in [-0.05, 0) is 24.3 Å². The second-order valence-corrected chi connectivity index (χ2v) is 4.48. The van der Waals surface area contributed by atoms with Crippen LogP contribution in [-0.2, 0) is 6.18 Å². The summed E-state index contributed by atoms with van der Waals surface area (Å²) in [6.45, 7) is 0. The predicted octanol–water partition coefficient (Wildman–Crippen LogP) is 3.28. The van der Waals surface area contributed by atoms with E-state index in [2.05, 4.69) is 10.1 Å². The van der Waals surface area contributed by atoms with E-state index >= 15 is 0 Å². The van der Waals surface area contributed by atoms with E-state index in [1.54, 1.807) is 0 Å². The summed E-state index contributed by atoms with van der Waals surface area (Å²) in [7, 11) is 0. The summed E-state index contributed by atoms with van der Waals surface area (Å²) in [6, 6.07) is 6.27. The topological polar surface area (TPSA) is 83.1 Å². The lowest BCUT2D eigenvalue weighted by molar-refractivity contribution is -0.548. The number of hydrogen-bond acceptors (Lipinski definition) is 5. The van der Waals surface area contributed by atoms with E-state index in [0.717, 1.165) is 12.1 Å². The third-order valence-corrected chi connectivity index (χ3v) is 2.96. The van der Waals surface area contributed by atoms with Crippen LogP contribution in [0.3, 0.4) is 0 Å². The highest BCUT2D eigenvalue weighted by Gasteiger charge is 2.30. The summed E-state index contributed by atoms with van der Waals surface area (Å²) < 4.78 is 42.7. The fraction of sp³-hybridized carbons (Fsp3) is 0.0769. The van der Waals surface area contributed by atoms with Crippen molar-refractivity contribution in [3.05, 3.63) is 58.4 Å². The van der Waals surface area contributed by atoms with E-state index in [1.807, 2.05) is 0 Å². The van der Waals surface area contributed by atoms with Crippen LogP contribution in [0.5, 0.6) is 11.6 Å². The Labute approximate surface area is 126 Å². The van der Waals surface area contributed by atoms with E-state index < -0.39 is 16.8 Å². The summed E-state index contributed by atoms with van der Waals surface area (Å²) >= 11 is 0. The van der Waals surface area contributed by atoms with Crippen LogP contribution in [0.15, 0.2) is 42.7 Å². The molecule has 1 aromatic carbocycles. The molecule has 23 heavy (non-hydrogen) atoms. The van der Waals surface area contributed by atoms with E-state index in [0.29, 0.717) is 16.4 Å². The highest BCUT2D eigenvalue weighted by atomic mass is 19.4. The quantitative estimate of drug-likeness (QED) is 0.545. The number of rotatable bonds is 3. The zero-order chi connectivity index (χ0) is 16.6. The number of nitrogens with zero attached hydrogens (tertiary/aromatic N) is 4. The van der Waals surface area contributed by atoms with Crippen LogP contribution >= 0.6 is 0 Å². The number of nitro groups is 1. The Kier molecular flexibility index (Phi) is 3.36. The molecule has 0 fully saturated rings. The van der Waals surface area contributed by atoms with Gasteiger partial charge in [-0.3, -0.25) is 0 Å². The van der Waals surface area contributed by atoms with Crippen molar-refractivity contribution in [3.63, 3.8) is 0 Å². The van der Waals surface area contributed by atoms with Gasteiger partial charge in [0.15, 0.2) is 6.20 Å². The van der Waals surface area contributed by atoms with Crippen LogP contribution in [0.1, 0.15) is 5.56 Å². The molecule has 0 aliphatic heterocycles. The van der Waals surface area contributed by atoms with Gasteiger partial charge in [-0.25, -0.2) is 4.98 Å². The molecular weight excluding hydrogens is 317 g/mol. The maximum Gasteiger partial charge on any atom is 0.417 e. The van der Waals surface area contributed by atoms with Gasteiger partial charge in [0.25, 0.3) is 0 Å². The fourth-order valence-electron chi connectivity index (χ4n) is 1.92. The normalized spacial score (nSPS) is 11.6. The fourth-order valence-corrected chi connectivity index (χ4v) is 1.92. The largest absolute Gasteiger partial charge is 0.439 e. The van der Waals surface area contributed by atoms with Gasteiger partial charge in [-0.15, -0.1) is 0 Å². The zero-order valence-corrected chi connectivity index (χ0v) is 11.2. The summed E-state index contributed by atoms with van der Waals surface area (Å²) in [5.41, 5.74) is -0.615. The average Bonchev–Trinajstić information content (AvgIpc) is 2.90. The monoisotopic (exact) mass is 324 g/mol. The molecule has 2 heterocycles. The molecule has 3 rings (SSSR count). The molecule has 118 valence electrons. The Morgan fingerprint density at radius 3 is 2.57 bits per heavy atom. The molecule has 0 unspecified atom stereocenters. The molecule has 0 N–H and O–H groups in total.